The molecule has 8 heteroatoms. The molecule has 0 saturated heterocycles. The highest BCUT2D eigenvalue weighted by molar-refractivity contribution is 7.93. The Morgan fingerprint density at radius 2 is 2.10 bits per heavy atom. The van der Waals surface area contributed by atoms with Gasteiger partial charge in [0.05, 0.1) is 17.2 Å². The Morgan fingerprint density at radius 3 is 2.65 bits per heavy atom. The van der Waals surface area contributed by atoms with Gasteiger partial charge in [-0.1, -0.05) is 6.92 Å². The van der Waals surface area contributed by atoms with E-state index in [0.29, 0.717) is 15.6 Å². The van der Waals surface area contributed by atoms with Gasteiger partial charge in [-0.2, -0.15) is 0 Å². The fraction of sp³-hybridized carbons (Fsp3) is 0.417. The molecule has 0 spiro atoms. The summed E-state index contributed by atoms with van der Waals surface area (Å²) >= 11 is 2.56. The first-order valence-electron chi connectivity index (χ1n) is 6.06. The van der Waals surface area contributed by atoms with Gasteiger partial charge in [0.2, 0.25) is 0 Å². The van der Waals surface area contributed by atoms with Gasteiger partial charge in [-0.25, -0.2) is 13.4 Å². The molecule has 0 atom stereocenters. The Hall–Kier alpha value is -0.960. The minimum absolute atomic E-state index is 0.163. The van der Waals surface area contributed by atoms with Crippen LogP contribution in [0.3, 0.4) is 0 Å². The number of aliphatic hydroxyl groups is 1. The van der Waals surface area contributed by atoms with E-state index < -0.39 is 10.0 Å². The Morgan fingerprint density at radius 1 is 1.40 bits per heavy atom. The van der Waals surface area contributed by atoms with E-state index in [4.69, 9.17) is 0 Å². The van der Waals surface area contributed by atoms with Gasteiger partial charge in [0.25, 0.3) is 10.0 Å². The van der Waals surface area contributed by atoms with Gasteiger partial charge in [0.15, 0.2) is 5.13 Å². The van der Waals surface area contributed by atoms with E-state index in [1.54, 1.807) is 12.3 Å². The maximum Gasteiger partial charge on any atom is 0.265 e. The molecule has 110 valence electrons. The van der Waals surface area contributed by atoms with Gasteiger partial charge in [-0.05, 0) is 31.2 Å². The zero-order chi connectivity index (χ0) is 14.9. The Labute approximate surface area is 126 Å². The molecule has 0 amide bonds. The predicted molar refractivity (Wildman–Crippen MR) is 82.0 cm³/mol. The van der Waals surface area contributed by atoms with Gasteiger partial charge in [0, 0.05) is 4.88 Å². The summed E-state index contributed by atoms with van der Waals surface area (Å²) in [5.74, 6) is 0. The van der Waals surface area contributed by atoms with Crippen LogP contribution in [0.25, 0.3) is 0 Å². The Balaban J connectivity index is 2.38. The fourth-order valence-electron chi connectivity index (χ4n) is 1.92. The summed E-state index contributed by atoms with van der Waals surface area (Å²) in [6, 6.07) is 0. The number of nitrogens with one attached hydrogen (secondary N) is 1. The van der Waals surface area contributed by atoms with Crippen molar-refractivity contribution in [1.82, 2.24) is 4.98 Å². The number of thiophene rings is 1. The first-order valence-corrected chi connectivity index (χ1v) is 9.24. The predicted octanol–water partition coefficient (Wildman–Crippen LogP) is 2.68. The van der Waals surface area contributed by atoms with Crippen LogP contribution in [-0.4, -0.2) is 18.5 Å². The zero-order valence-corrected chi connectivity index (χ0v) is 13.9. The van der Waals surface area contributed by atoms with Crippen LogP contribution in [0.4, 0.5) is 5.13 Å². The topological polar surface area (TPSA) is 79.3 Å². The standard InChI is InChI=1S/C12H16N2O3S3/c1-4-9-8(3)19-12(13-9)14-20(16,17)11-7(2)6-18-10(11)5-15/h6,15H,4-5H2,1-3H3,(H,13,14). The third kappa shape index (κ3) is 2.88. The summed E-state index contributed by atoms with van der Waals surface area (Å²) in [5.41, 5.74) is 1.53. The number of hydrogen-bond donors (Lipinski definition) is 2. The average molecular weight is 332 g/mol. The van der Waals surface area contributed by atoms with E-state index >= 15 is 0 Å². The first kappa shape index (κ1) is 15.4. The van der Waals surface area contributed by atoms with E-state index in [2.05, 4.69) is 9.71 Å². The number of hydrogen-bond acceptors (Lipinski definition) is 6. The minimum Gasteiger partial charge on any atom is -0.391 e. The van der Waals surface area contributed by atoms with Crippen LogP contribution in [0.5, 0.6) is 0 Å². The van der Waals surface area contributed by atoms with Crippen molar-refractivity contribution in [3.05, 3.63) is 26.4 Å². The summed E-state index contributed by atoms with van der Waals surface area (Å²) < 4.78 is 27.4. The maximum absolute atomic E-state index is 12.4. The van der Waals surface area contributed by atoms with Crippen LogP contribution in [0.1, 0.15) is 27.9 Å². The molecule has 2 aromatic rings. The van der Waals surface area contributed by atoms with Crippen molar-refractivity contribution in [2.24, 2.45) is 0 Å². The Kier molecular flexibility index (Phi) is 4.48. The number of thiazole rings is 1. The normalized spacial score (nSPS) is 11.8. The third-order valence-corrected chi connectivity index (χ3v) is 6.69. The van der Waals surface area contributed by atoms with Crippen LogP contribution in [0.15, 0.2) is 10.3 Å². The number of aryl methyl sites for hydroxylation is 3. The molecule has 2 N–H and O–H groups in total. The molecule has 0 unspecified atom stereocenters. The van der Waals surface area contributed by atoms with Crippen molar-refractivity contribution in [3.8, 4) is 0 Å². The molecule has 2 aromatic heterocycles. The highest BCUT2D eigenvalue weighted by Gasteiger charge is 2.24. The van der Waals surface area contributed by atoms with Gasteiger partial charge in [0.1, 0.15) is 4.90 Å². The molecule has 0 saturated carbocycles. The summed E-state index contributed by atoms with van der Waals surface area (Å²) in [7, 11) is -3.71. The zero-order valence-electron chi connectivity index (χ0n) is 11.4. The monoisotopic (exact) mass is 332 g/mol. The minimum atomic E-state index is -3.71. The lowest BCUT2D eigenvalue weighted by Gasteiger charge is -2.06. The van der Waals surface area contributed by atoms with Crippen molar-refractivity contribution in [2.75, 3.05) is 4.72 Å². The molecular formula is C12H16N2O3S3. The molecule has 0 fully saturated rings. The second-order valence-corrected chi connectivity index (χ2v) is 8.10. The highest BCUT2D eigenvalue weighted by atomic mass is 32.2. The largest absolute Gasteiger partial charge is 0.391 e. The van der Waals surface area contributed by atoms with Crippen molar-refractivity contribution in [3.63, 3.8) is 0 Å². The van der Waals surface area contributed by atoms with Crippen LogP contribution in [-0.2, 0) is 23.1 Å². The Bertz CT molecular complexity index is 716. The van der Waals surface area contributed by atoms with E-state index in [1.165, 1.54) is 22.7 Å². The van der Waals surface area contributed by atoms with Crippen LogP contribution < -0.4 is 4.72 Å². The number of rotatable bonds is 5. The van der Waals surface area contributed by atoms with Crippen molar-refractivity contribution < 1.29 is 13.5 Å². The summed E-state index contributed by atoms with van der Waals surface area (Å²) in [6.45, 7) is 5.33. The van der Waals surface area contributed by atoms with E-state index in [0.717, 1.165) is 17.0 Å². The number of aliphatic hydroxyl groups excluding tert-OH is 1. The summed E-state index contributed by atoms with van der Waals surface area (Å²) in [5, 5.41) is 11.3. The second kappa shape index (κ2) is 5.80. The molecule has 0 aliphatic heterocycles. The van der Waals surface area contributed by atoms with Crippen LogP contribution in [0, 0.1) is 13.8 Å². The molecule has 0 bridgehead atoms. The molecule has 0 aliphatic rings. The molecule has 2 rings (SSSR count). The molecule has 0 aliphatic carbocycles. The lowest BCUT2D eigenvalue weighted by molar-refractivity contribution is 0.282. The van der Waals surface area contributed by atoms with Crippen LogP contribution >= 0.6 is 22.7 Å². The number of aromatic nitrogens is 1. The molecular weight excluding hydrogens is 316 g/mol. The number of sulfonamides is 1. The summed E-state index contributed by atoms with van der Waals surface area (Å²) in [6.07, 6.45) is 0.767. The molecule has 5 nitrogen and oxygen atoms in total. The molecule has 2 heterocycles. The van der Waals surface area contributed by atoms with Crippen LogP contribution in [0.2, 0.25) is 0 Å². The van der Waals surface area contributed by atoms with Crippen molar-refractivity contribution in [2.45, 2.75) is 38.7 Å². The summed E-state index contributed by atoms with van der Waals surface area (Å²) in [4.78, 5) is 5.89. The smallest absolute Gasteiger partial charge is 0.265 e. The molecule has 20 heavy (non-hydrogen) atoms. The number of anilines is 1. The SMILES string of the molecule is CCc1nc(NS(=O)(=O)c2c(C)csc2CO)sc1C. The van der Waals surface area contributed by atoms with Gasteiger partial charge in [-0.15, -0.1) is 22.7 Å². The second-order valence-electron chi connectivity index (χ2n) is 4.31. The third-order valence-electron chi connectivity index (χ3n) is 2.85. The van der Waals surface area contributed by atoms with E-state index in [9.17, 15) is 13.5 Å². The molecule has 0 aromatic carbocycles. The van der Waals surface area contributed by atoms with Gasteiger partial charge < -0.3 is 5.11 Å². The van der Waals surface area contributed by atoms with E-state index in [1.807, 2.05) is 13.8 Å². The highest BCUT2D eigenvalue weighted by Crippen LogP contribution is 2.30. The van der Waals surface area contributed by atoms with Crippen molar-refractivity contribution >= 4 is 37.8 Å². The molecule has 0 radical (unpaired) electrons. The average Bonchev–Trinajstić information content (AvgIpc) is 2.91. The van der Waals surface area contributed by atoms with Crippen molar-refractivity contribution in [1.29, 1.82) is 0 Å². The number of nitrogens with zero attached hydrogens (tertiary/aromatic N) is 1. The lowest BCUT2D eigenvalue weighted by Crippen LogP contribution is -2.14. The first-order chi connectivity index (χ1) is 9.39. The quantitative estimate of drug-likeness (QED) is 0.882. The lowest BCUT2D eigenvalue weighted by atomic mass is 10.3. The van der Waals surface area contributed by atoms with Gasteiger partial charge >= 0.3 is 0 Å². The van der Waals surface area contributed by atoms with Gasteiger partial charge in [-0.3, -0.25) is 4.72 Å². The van der Waals surface area contributed by atoms with E-state index in [-0.39, 0.29) is 11.5 Å². The fourth-order valence-corrected chi connectivity index (χ4v) is 5.72. The maximum atomic E-state index is 12.4.